The van der Waals surface area contributed by atoms with E-state index in [1.54, 1.807) is 19.1 Å². The van der Waals surface area contributed by atoms with Crippen molar-refractivity contribution in [3.05, 3.63) is 65.7 Å². The van der Waals surface area contributed by atoms with Crippen LogP contribution in [0.4, 0.5) is 5.69 Å². The standard InChI is InChI=1S/C26H26N2O4/c1-31-23-12-18-10-11-27(15-19(18)13-24(23)32-2)26(30)20-14-25(29)28(16-20)22-9-5-7-17-6-3-4-8-21(17)22/h3-9,12-13,20H,10-11,14-16H2,1-2H3/t20-/m1/s1. The number of ether oxygens (including phenoxy) is 2. The second-order valence-corrected chi connectivity index (χ2v) is 8.39. The minimum Gasteiger partial charge on any atom is -0.493 e. The summed E-state index contributed by atoms with van der Waals surface area (Å²) in [5.74, 6) is 1.09. The molecule has 0 aromatic heterocycles. The molecule has 0 aliphatic carbocycles. The molecule has 6 nitrogen and oxygen atoms in total. The van der Waals surface area contributed by atoms with Gasteiger partial charge in [-0.05, 0) is 41.1 Å². The predicted molar refractivity (Wildman–Crippen MR) is 123 cm³/mol. The highest BCUT2D eigenvalue weighted by Gasteiger charge is 2.38. The molecule has 0 spiro atoms. The maximum atomic E-state index is 13.4. The number of carbonyl (C=O) groups is 2. The smallest absolute Gasteiger partial charge is 0.228 e. The van der Waals surface area contributed by atoms with E-state index < -0.39 is 0 Å². The molecule has 32 heavy (non-hydrogen) atoms. The SMILES string of the molecule is COc1cc2c(cc1OC)CN(C(=O)[C@@H]1CC(=O)N(c3cccc4ccccc34)C1)CC2. The number of hydrogen-bond acceptors (Lipinski definition) is 4. The summed E-state index contributed by atoms with van der Waals surface area (Å²) >= 11 is 0. The molecule has 0 saturated carbocycles. The molecule has 0 radical (unpaired) electrons. The van der Waals surface area contributed by atoms with Gasteiger partial charge < -0.3 is 19.3 Å². The van der Waals surface area contributed by atoms with Gasteiger partial charge in [-0.3, -0.25) is 9.59 Å². The van der Waals surface area contributed by atoms with Crippen LogP contribution in [0.25, 0.3) is 10.8 Å². The molecule has 0 unspecified atom stereocenters. The van der Waals surface area contributed by atoms with Crippen LogP contribution in [0, 0.1) is 5.92 Å². The average molecular weight is 431 g/mol. The highest BCUT2D eigenvalue weighted by atomic mass is 16.5. The van der Waals surface area contributed by atoms with Crippen molar-refractivity contribution >= 4 is 28.3 Å². The van der Waals surface area contributed by atoms with Gasteiger partial charge in [0.1, 0.15) is 0 Å². The van der Waals surface area contributed by atoms with E-state index in [0.717, 1.165) is 28.4 Å². The molecule has 3 aromatic carbocycles. The van der Waals surface area contributed by atoms with Crippen LogP contribution in [-0.4, -0.2) is 44.0 Å². The summed E-state index contributed by atoms with van der Waals surface area (Å²) in [6.07, 6.45) is 1.01. The lowest BCUT2D eigenvalue weighted by Crippen LogP contribution is -2.40. The van der Waals surface area contributed by atoms with E-state index in [9.17, 15) is 9.59 Å². The molecule has 0 bridgehead atoms. The maximum Gasteiger partial charge on any atom is 0.228 e. The van der Waals surface area contributed by atoms with Crippen LogP contribution in [0.1, 0.15) is 17.5 Å². The molecular weight excluding hydrogens is 404 g/mol. The Bertz CT molecular complexity index is 1200. The fourth-order valence-electron chi connectivity index (χ4n) is 4.88. The maximum absolute atomic E-state index is 13.4. The van der Waals surface area contributed by atoms with Gasteiger partial charge in [0.2, 0.25) is 11.8 Å². The zero-order valence-corrected chi connectivity index (χ0v) is 18.3. The monoisotopic (exact) mass is 430 g/mol. The van der Waals surface area contributed by atoms with Gasteiger partial charge in [-0.25, -0.2) is 0 Å². The molecule has 2 heterocycles. The number of amides is 2. The van der Waals surface area contributed by atoms with Crippen molar-refractivity contribution < 1.29 is 19.1 Å². The molecule has 0 N–H and O–H groups in total. The number of carbonyl (C=O) groups excluding carboxylic acids is 2. The lowest BCUT2D eigenvalue weighted by Gasteiger charge is -2.31. The van der Waals surface area contributed by atoms with Crippen LogP contribution in [0.2, 0.25) is 0 Å². The second-order valence-electron chi connectivity index (χ2n) is 8.39. The number of nitrogens with zero attached hydrogens (tertiary/aromatic N) is 2. The van der Waals surface area contributed by atoms with Crippen LogP contribution in [0.5, 0.6) is 11.5 Å². The second kappa shape index (κ2) is 8.19. The highest BCUT2D eigenvalue weighted by Crippen LogP contribution is 2.35. The van der Waals surface area contributed by atoms with E-state index in [2.05, 4.69) is 0 Å². The van der Waals surface area contributed by atoms with Crippen LogP contribution in [0.15, 0.2) is 54.6 Å². The van der Waals surface area contributed by atoms with E-state index in [1.165, 1.54) is 5.56 Å². The third-order valence-electron chi connectivity index (χ3n) is 6.56. The van der Waals surface area contributed by atoms with E-state index in [-0.39, 0.29) is 24.2 Å². The van der Waals surface area contributed by atoms with Gasteiger partial charge >= 0.3 is 0 Å². The van der Waals surface area contributed by atoms with Gasteiger partial charge in [-0.1, -0.05) is 36.4 Å². The summed E-state index contributed by atoms with van der Waals surface area (Å²) in [6, 6.07) is 17.9. The molecule has 2 aliphatic heterocycles. The van der Waals surface area contributed by atoms with Crippen molar-refractivity contribution in [3.63, 3.8) is 0 Å². The Morgan fingerprint density at radius 1 is 0.969 bits per heavy atom. The zero-order chi connectivity index (χ0) is 22.2. The minimum absolute atomic E-state index is 0.00326. The van der Waals surface area contributed by atoms with Gasteiger partial charge in [0.15, 0.2) is 11.5 Å². The van der Waals surface area contributed by atoms with Crippen LogP contribution < -0.4 is 14.4 Å². The third kappa shape index (κ3) is 3.45. The van der Waals surface area contributed by atoms with Gasteiger partial charge in [-0.15, -0.1) is 0 Å². The summed E-state index contributed by atoms with van der Waals surface area (Å²) in [5, 5.41) is 2.12. The average Bonchev–Trinajstić information content (AvgIpc) is 3.23. The number of anilines is 1. The number of methoxy groups -OCH3 is 2. The van der Waals surface area contributed by atoms with Gasteiger partial charge in [0.05, 0.1) is 25.8 Å². The van der Waals surface area contributed by atoms with Crippen LogP contribution in [0.3, 0.4) is 0 Å². The zero-order valence-electron chi connectivity index (χ0n) is 18.3. The fraction of sp³-hybridized carbons (Fsp3) is 0.308. The molecule has 5 rings (SSSR count). The fourth-order valence-corrected chi connectivity index (χ4v) is 4.88. The van der Waals surface area contributed by atoms with E-state index in [4.69, 9.17) is 9.47 Å². The Balaban J connectivity index is 1.35. The van der Waals surface area contributed by atoms with Crippen molar-refractivity contribution in [3.8, 4) is 11.5 Å². The first-order valence-electron chi connectivity index (χ1n) is 10.9. The normalized spacial score (nSPS) is 18.1. The number of hydrogen-bond donors (Lipinski definition) is 0. The van der Waals surface area contributed by atoms with Crippen molar-refractivity contribution in [1.29, 1.82) is 0 Å². The van der Waals surface area contributed by atoms with Crippen molar-refractivity contribution in [2.45, 2.75) is 19.4 Å². The molecule has 3 aromatic rings. The minimum atomic E-state index is -0.330. The van der Waals surface area contributed by atoms with Crippen LogP contribution >= 0.6 is 0 Å². The summed E-state index contributed by atoms with van der Waals surface area (Å²) < 4.78 is 10.8. The molecule has 1 saturated heterocycles. The first kappa shape index (κ1) is 20.4. The van der Waals surface area contributed by atoms with Crippen LogP contribution in [-0.2, 0) is 22.6 Å². The quantitative estimate of drug-likeness (QED) is 0.632. The Kier molecular flexibility index (Phi) is 5.21. The molecule has 2 aliphatic rings. The Hall–Kier alpha value is -3.54. The Morgan fingerprint density at radius 3 is 2.47 bits per heavy atom. The Labute approximate surface area is 187 Å². The van der Waals surface area contributed by atoms with E-state index in [0.29, 0.717) is 31.1 Å². The van der Waals surface area contributed by atoms with E-state index in [1.807, 2.05) is 59.5 Å². The third-order valence-corrected chi connectivity index (χ3v) is 6.56. The molecule has 2 amide bonds. The highest BCUT2D eigenvalue weighted by molar-refractivity contribution is 6.07. The number of benzene rings is 3. The summed E-state index contributed by atoms with van der Waals surface area (Å²) in [7, 11) is 3.24. The topological polar surface area (TPSA) is 59.1 Å². The van der Waals surface area contributed by atoms with E-state index >= 15 is 0 Å². The lowest BCUT2D eigenvalue weighted by atomic mass is 9.97. The molecule has 1 atom stereocenters. The van der Waals surface area contributed by atoms with Crippen molar-refractivity contribution in [1.82, 2.24) is 4.90 Å². The van der Waals surface area contributed by atoms with Gasteiger partial charge in [0.25, 0.3) is 0 Å². The van der Waals surface area contributed by atoms with Crippen molar-refractivity contribution in [2.75, 3.05) is 32.2 Å². The molecule has 1 fully saturated rings. The lowest BCUT2D eigenvalue weighted by molar-refractivity contribution is -0.136. The Morgan fingerprint density at radius 2 is 1.69 bits per heavy atom. The first-order chi connectivity index (χ1) is 15.6. The predicted octanol–water partition coefficient (Wildman–Crippen LogP) is 3.79. The molecular formula is C26H26N2O4. The molecule has 6 heteroatoms. The van der Waals surface area contributed by atoms with Gasteiger partial charge in [-0.2, -0.15) is 0 Å². The number of rotatable bonds is 4. The summed E-state index contributed by atoms with van der Waals surface area (Å²) in [6.45, 7) is 1.58. The van der Waals surface area contributed by atoms with Crippen molar-refractivity contribution in [2.24, 2.45) is 5.92 Å². The first-order valence-corrected chi connectivity index (χ1v) is 10.9. The summed E-state index contributed by atoms with van der Waals surface area (Å²) in [5.41, 5.74) is 3.12. The number of fused-ring (bicyclic) bond motifs is 2. The van der Waals surface area contributed by atoms with Gasteiger partial charge in [0, 0.05) is 31.4 Å². The molecule has 164 valence electrons. The largest absolute Gasteiger partial charge is 0.493 e. The summed E-state index contributed by atoms with van der Waals surface area (Å²) in [4.78, 5) is 29.9.